The van der Waals surface area contributed by atoms with Crippen LogP contribution in [0.2, 0.25) is 0 Å². The molecule has 2 aromatic carbocycles. The minimum absolute atomic E-state index is 0.258. The minimum atomic E-state index is 0.258. The van der Waals surface area contributed by atoms with Gasteiger partial charge in [-0.1, -0.05) is 30.0 Å². The fraction of sp³-hybridized carbons (Fsp3) is 0.294. The molecule has 2 N–H and O–H groups in total. The highest BCUT2D eigenvalue weighted by atomic mass is 32.2. The second-order valence-corrected chi connectivity index (χ2v) is 6.26. The Balaban J connectivity index is 1.98. The molecule has 0 spiro atoms. The summed E-state index contributed by atoms with van der Waals surface area (Å²) in [5, 5.41) is 0. The summed E-state index contributed by atoms with van der Waals surface area (Å²) in [6, 6.07) is 15.0. The normalized spacial score (nSPS) is 17.6. The van der Waals surface area contributed by atoms with Gasteiger partial charge in [0.1, 0.15) is 5.75 Å². The number of benzene rings is 2. The van der Waals surface area contributed by atoms with Gasteiger partial charge in [-0.25, -0.2) is 0 Å². The highest BCUT2D eigenvalue weighted by molar-refractivity contribution is 7.99. The van der Waals surface area contributed by atoms with Gasteiger partial charge in [0.2, 0.25) is 0 Å². The van der Waals surface area contributed by atoms with Gasteiger partial charge in [-0.3, -0.25) is 0 Å². The molecule has 0 amide bonds. The smallest absolute Gasteiger partial charge is 0.122 e. The molecule has 3 heteroatoms. The van der Waals surface area contributed by atoms with E-state index in [1.165, 1.54) is 20.9 Å². The van der Waals surface area contributed by atoms with Crippen LogP contribution in [-0.2, 0) is 12.8 Å². The first-order valence-corrected chi connectivity index (χ1v) is 7.77. The van der Waals surface area contributed by atoms with Gasteiger partial charge in [-0.15, -0.1) is 0 Å². The molecule has 0 heterocycles. The number of rotatable bonds is 3. The Kier molecular flexibility index (Phi) is 3.99. The Hall–Kier alpha value is -1.45. The number of nitrogens with two attached hydrogens (primary N) is 1. The van der Waals surface area contributed by atoms with Crippen molar-refractivity contribution in [1.29, 1.82) is 0 Å². The first kappa shape index (κ1) is 13.5. The van der Waals surface area contributed by atoms with Gasteiger partial charge in [0.05, 0.1) is 7.11 Å². The number of hydrogen-bond acceptors (Lipinski definition) is 3. The number of fused-ring (bicyclic) bond motifs is 1. The molecule has 0 aliphatic heterocycles. The van der Waals surface area contributed by atoms with Crippen LogP contribution in [0.4, 0.5) is 0 Å². The highest BCUT2D eigenvalue weighted by Gasteiger charge is 2.22. The monoisotopic (exact) mass is 285 g/mol. The molecule has 1 aliphatic rings. The zero-order valence-corrected chi connectivity index (χ0v) is 12.5. The van der Waals surface area contributed by atoms with Crippen molar-refractivity contribution in [1.82, 2.24) is 0 Å². The van der Waals surface area contributed by atoms with Crippen LogP contribution in [0, 0.1) is 0 Å². The van der Waals surface area contributed by atoms with Crippen LogP contribution < -0.4 is 10.5 Å². The average Bonchev–Trinajstić information content (AvgIpc) is 2.48. The quantitative estimate of drug-likeness (QED) is 0.934. The molecule has 0 saturated carbocycles. The van der Waals surface area contributed by atoms with Crippen molar-refractivity contribution in [2.24, 2.45) is 5.73 Å². The molecule has 0 saturated heterocycles. The van der Waals surface area contributed by atoms with Gasteiger partial charge < -0.3 is 10.5 Å². The van der Waals surface area contributed by atoms with E-state index in [2.05, 4.69) is 36.4 Å². The lowest BCUT2D eigenvalue weighted by atomic mass is 9.88. The van der Waals surface area contributed by atoms with Gasteiger partial charge in [-0.2, -0.15) is 0 Å². The predicted octanol–water partition coefficient (Wildman–Crippen LogP) is 3.66. The summed E-state index contributed by atoms with van der Waals surface area (Å²) in [5.41, 5.74) is 8.83. The Morgan fingerprint density at radius 1 is 1.10 bits per heavy atom. The third-order valence-corrected chi connectivity index (χ3v) is 4.88. The number of hydrogen-bond donors (Lipinski definition) is 1. The van der Waals surface area contributed by atoms with E-state index in [0.29, 0.717) is 0 Å². The minimum Gasteiger partial charge on any atom is -0.496 e. The predicted molar refractivity (Wildman–Crippen MR) is 83.6 cm³/mol. The van der Waals surface area contributed by atoms with Crippen LogP contribution in [0.15, 0.2) is 52.3 Å². The molecule has 20 heavy (non-hydrogen) atoms. The molecule has 1 atom stereocenters. The maximum Gasteiger partial charge on any atom is 0.122 e. The van der Waals surface area contributed by atoms with Gasteiger partial charge >= 0.3 is 0 Å². The lowest BCUT2D eigenvalue weighted by Crippen LogP contribution is -2.28. The summed E-state index contributed by atoms with van der Waals surface area (Å²) in [7, 11) is 1.74. The van der Waals surface area contributed by atoms with Crippen LogP contribution in [-0.4, -0.2) is 13.2 Å². The van der Waals surface area contributed by atoms with E-state index < -0.39 is 0 Å². The van der Waals surface area contributed by atoms with Crippen molar-refractivity contribution in [3.8, 4) is 5.75 Å². The van der Waals surface area contributed by atoms with Crippen molar-refractivity contribution in [3.63, 3.8) is 0 Å². The van der Waals surface area contributed by atoms with Crippen molar-refractivity contribution in [2.75, 3.05) is 7.11 Å². The Morgan fingerprint density at radius 2 is 1.90 bits per heavy atom. The molecular formula is C17H19NOS. The van der Waals surface area contributed by atoms with Gasteiger partial charge in [0, 0.05) is 15.8 Å². The molecule has 0 radical (unpaired) electrons. The molecule has 1 unspecified atom stereocenters. The van der Waals surface area contributed by atoms with Crippen LogP contribution in [0.25, 0.3) is 0 Å². The molecule has 2 aromatic rings. The van der Waals surface area contributed by atoms with Crippen LogP contribution in [0.1, 0.15) is 17.5 Å². The SMILES string of the molecule is COc1ccc(Sc2ccccc2)c2c1CC(N)CC2. The second-order valence-electron chi connectivity index (χ2n) is 5.14. The highest BCUT2D eigenvalue weighted by Crippen LogP contribution is 2.38. The summed E-state index contributed by atoms with van der Waals surface area (Å²) in [6.45, 7) is 0. The van der Waals surface area contributed by atoms with Crippen molar-refractivity contribution >= 4 is 11.8 Å². The van der Waals surface area contributed by atoms with Gasteiger partial charge in [0.15, 0.2) is 0 Å². The van der Waals surface area contributed by atoms with E-state index in [0.717, 1.165) is 25.0 Å². The molecular weight excluding hydrogens is 266 g/mol. The van der Waals surface area contributed by atoms with E-state index in [9.17, 15) is 0 Å². The Bertz CT molecular complexity index is 597. The maximum atomic E-state index is 6.11. The fourth-order valence-corrected chi connectivity index (χ4v) is 3.78. The van der Waals surface area contributed by atoms with Crippen molar-refractivity contribution in [2.45, 2.75) is 35.1 Å². The van der Waals surface area contributed by atoms with Gasteiger partial charge in [-0.05, 0) is 54.7 Å². The topological polar surface area (TPSA) is 35.2 Å². The van der Waals surface area contributed by atoms with E-state index in [4.69, 9.17) is 10.5 Å². The summed E-state index contributed by atoms with van der Waals surface area (Å²) >= 11 is 1.83. The summed E-state index contributed by atoms with van der Waals surface area (Å²) in [6.07, 6.45) is 3.02. The molecule has 0 aromatic heterocycles. The molecule has 2 nitrogen and oxygen atoms in total. The molecule has 104 valence electrons. The Labute approximate surface area is 124 Å². The van der Waals surface area contributed by atoms with E-state index >= 15 is 0 Å². The van der Waals surface area contributed by atoms with E-state index in [1.807, 2.05) is 17.8 Å². The van der Waals surface area contributed by atoms with E-state index in [1.54, 1.807) is 7.11 Å². The largest absolute Gasteiger partial charge is 0.496 e. The third kappa shape index (κ3) is 2.69. The second kappa shape index (κ2) is 5.90. The number of methoxy groups -OCH3 is 1. The average molecular weight is 285 g/mol. The zero-order valence-electron chi connectivity index (χ0n) is 11.6. The summed E-state index contributed by atoms with van der Waals surface area (Å²) in [5.74, 6) is 0.979. The number of ether oxygens (including phenoxy) is 1. The molecule has 0 bridgehead atoms. The molecule has 1 aliphatic carbocycles. The summed E-state index contributed by atoms with van der Waals surface area (Å²) < 4.78 is 5.50. The van der Waals surface area contributed by atoms with Crippen LogP contribution in [0.5, 0.6) is 5.75 Å². The fourth-order valence-electron chi connectivity index (χ4n) is 2.74. The summed E-state index contributed by atoms with van der Waals surface area (Å²) in [4.78, 5) is 2.61. The lowest BCUT2D eigenvalue weighted by molar-refractivity contribution is 0.402. The first-order valence-electron chi connectivity index (χ1n) is 6.95. The maximum absolute atomic E-state index is 6.11. The molecule has 0 fully saturated rings. The Morgan fingerprint density at radius 3 is 2.65 bits per heavy atom. The lowest BCUT2D eigenvalue weighted by Gasteiger charge is -2.25. The third-order valence-electron chi connectivity index (χ3n) is 3.77. The van der Waals surface area contributed by atoms with Crippen molar-refractivity contribution in [3.05, 3.63) is 53.6 Å². The van der Waals surface area contributed by atoms with Crippen LogP contribution in [0.3, 0.4) is 0 Å². The van der Waals surface area contributed by atoms with E-state index in [-0.39, 0.29) is 6.04 Å². The molecule has 3 rings (SSSR count). The van der Waals surface area contributed by atoms with Crippen LogP contribution >= 0.6 is 11.8 Å². The van der Waals surface area contributed by atoms with Crippen molar-refractivity contribution < 1.29 is 4.74 Å². The van der Waals surface area contributed by atoms with Gasteiger partial charge in [0.25, 0.3) is 0 Å². The first-order chi connectivity index (χ1) is 9.78. The standard InChI is InChI=1S/C17H19NOS/c1-19-16-9-10-17(20-13-5-3-2-4-6-13)14-8-7-12(18)11-15(14)16/h2-6,9-10,12H,7-8,11,18H2,1H3. The zero-order chi connectivity index (χ0) is 13.9.